The number of alkyl halides is 3. The van der Waals surface area contributed by atoms with Gasteiger partial charge in [0.15, 0.2) is 0 Å². The summed E-state index contributed by atoms with van der Waals surface area (Å²) in [6.45, 7) is 4.94. The number of hydrogen-bond acceptors (Lipinski definition) is 6. The molecule has 1 aromatic heterocycles. The first kappa shape index (κ1) is 24.9. The van der Waals surface area contributed by atoms with Crippen LogP contribution in [-0.2, 0) is 16.2 Å². The van der Waals surface area contributed by atoms with Gasteiger partial charge in [-0.05, 0) is 66.8 Å². The first-order valence-electron chi connectivity index (χ1n) is 10.9. The number of carbonyl (C=O) groups is 1. The normalized spacial score (nSPS) is 19.5. The third-order valence-electron chi connectivity index (χ3n) is 5.69. The topological polar surface area (TPSA) is 105 Å². The van der Waals surface area contributed by atoms with Crippen LogP contribution in [0.25, 0.3) is 11.5 Å². The van der Waals surface area contributed by atoms with E-state index in [9.17, 15) is 26.4 Å². The van der Waals surface area contributed by atoms with Crippen molar-refractivity contribution in [1.82, 2.24) is 14.5 Å². The van der Waals surface area contributed by atoms with E-state index in [0.717, 1.165) is 18.6 Å². The minimum atomic E-state index is -4.47. The molecule has 4 rings (SSSR count). The third kappa shape index (κ3) is 5.54. The molecule has 35 heavy (non-hydrogen) atoms. The maximum atomic E-state index is 13.0. The van der Waals surface area contributed by atoms with Crippen LogP contribution in [0.2, 0.25) is 0 Å². The van der Waals surface area contributed by atoms with Crippen LogP contribution < -0.4 is 5.32 Å². The highest BCUT2D eigenvalue weighted by atomic mass is 32.2. The average molecular weight is 509 g/mol. The summed E-state index contributed by atoms with van der Waals surface area (Å²) >= 11 is 0. The lowest BCUT2D eigenvalue weighted by atomic mass is 9.94. The molecule has 2 atom stereocenters. The van der Waals surface area contributed by atoms with E-state index in [0.29, 0.717) is 13.1 Å². The van der Waals surface area contributed by atoms with Gasteiger partial charge in [-0.25, -0.2) is 8.42 Å². The van der Waals surface area contributed by atoms with Gasteiger partial charge in [-0.3, -0.25) is 10.1 Å². The maximum absolute atomic E-state index is 13.0. The molecule has 0 bridgehead atoms. The fourth-order valence-corrected chi connectivity index (χ4v) is 5.77. The highest BCUT2D eigenvalue weighted by molar-refractivity contribution is 7.89. The summed E-state index contributed by atoms with van der Waals surface area (Å²) < 4.78 is 70.9. The molecule has 1 N–H and O–H groups in total. The lowest BCUT2D eigenvalue weighted by molar-refractivity contribution is -0.137. The van der Waals surface area contributed by atoms with Gasteiger partial charge in [-0.1, -0.05) is 18.9 Å². The van der Waals surface area contributed by atoms with Gasteiger partial charge in [-0.15, -0.1) is 5.10 Å². The van der Waals surface area contributed by atoms with E-state index in [1.54, 1.807) is 0 Å². The van der Waals surface area contributed by atoms with E-state index in [-0.39, 0.29) is 39.8 Å². The van der Waals surface area contributed by atoms with Gasteiger partial charge in [0.05, 0.1) is 10.5 Å². The molecule has 1 amide bonds. The Labute approximate surface area is 200 Å². The molecule has 1 aliphatic heterocycles. The van der Waals surface area contributed by atoms with Gasteiger partial charge < -0.3 is 4.42 Å². The van der Waals surface area contributed by atoms with Crippen molar-refractivity contribution in [3.8, 4) is 11.5 Å². The molecular formula is C23H23F3N4O4S. The Balaban J connectivity index is 1.43. The summed E-state index contributed by atoms with van der Waals surface area (Å²) in [6.07, 6.45) is -3.49. The van der Waals surface area contributed by atoms with E-state index < -0.39 is 27.7 Å². The number of amides is 1. The van der Waals surface area contributed by atoms with E-state index in [1.165, 1.54) is 40.7 Å². The Morgan fingerprint density at radius 1 is 1.00 bits per heavy atom. The number of rotatable bonds is 5. The maximum Gasteiger partial charge on any atom is 0.416 e. The Bertz CT molecular complexity index is 1300. The molecule has 3 aromatic rings. The molecule has 186 valence electrons. The molecular weight excluding hydrogens is 485 g/mol. The Kier molecular flexibility index (Phi) is 6.69. The quantitative estimate of drug-likeness (QED) is 0.537. The predicted molar refractivity (Wildman–Crippen MR) is 121 cm³/mol. The van der Waals surface area contributed by atoms with Crippen LogP contribution in [0, 0.1) is 11.8 Å². The minimum Gasteiger partial charge on any atom is -0.403 e. The zero-order valence-electron chi connectivity index (χ0n) is 18.9. The van der Waals surface area contributed by atoms with E-state index in [2.05, 4.69) is 15.5 Å². The fraction of sp³-hybridized carbons (Fsp3) is 0.348. The van der Waals surface area contributed by atoms with Crippen LogP contribution in [0.3, 0.4) is 0 Å². The minimum absolute atomic E-state index is 0.0690. The second-order valence-corrected chi connectivity index (χ2v) is 10.7. The van der Waals surface area contributed by atoms with E-state index >= 15 is 0 Å². The van der Waals surface area contributed by atoms with Gasteiger partial charge in [0, 0.05) is 24.2 Å². The molecule has 8 nitrogen and oxygen atoms in total. The summed E-state index contributed by atoms with van der Waals surface area (Å²) in [5, 5.41) is 9.82. The van der Waals surface area contributed by atoms with Crippen molar-refractivity contribution in [2.45, 2.75) is 31.3 Å². The van der Waals surface area contributed by atoms with Crippen molar-refractivity contribution in [3.05, 3.63) is 59.7 Å². The van der Waals surface area contributed by atoms with Crippen LogP contribution in [0.1, 0.15) is 36.2 Å². The molecule has 1 saturated heterocycles. The number of benzene rings is 2. The number of nitrogens with one attached hydrogen (secondary N) is 1. The summed E-state index contributed by atoms with van der Waals surface area (Å²) in [7, 11) is -3.68. The summed E-state index contributed by atoms with van der Waals surface area (Å²) in [6, 6.07) is 9.40. The molecule has 0 aliphatic carbocycles. The van der Waals surface area contributed by atoms with Gasteiger partial charge in [0.1, 0.15) is 0 Å². The van der Waals surface area contributed by atoms with Crippen molar-refractivity contribution in [1.29, 1.82) is 0 Å². The number of nitrogens with zero attached hydrogens (tertiary/aromatic N) is 3. The Morgan fingerprint density at radius 3 is 2.17 bits per heavy atom. The molecule has 2 heterocycles. The number of halogens is 3. The Hall–Kier alpha value is -3.25. The monoisotopic (exact) mass is 508 g/mol. The molecule has 12 heteroatoms. The number of carbonyl (C=O) groups excluding carboxylic acids is 1. The molecule has 0 radical (unpaired) electrons. The molecule has 2 aromatic carbocycles. The number of anilines is 1. The third-order valence-corrected chi connectivity index (χ3v) is 7.54. The number of piperidine rings is 1. The van der Waals surface area contributed by atoms with Crippen molar-refractivity contribution in [2.24, 2.45) is 11.8 Å². The van der Waals surface area contributed by atoms with Crippen molar-refractivity contribution in [2.75, 3.05) is 18.4 Å². The zero-order chi connectivity index (χ0) is 25.4. The first-order valence-corrected chi connectivity index (χ1v) is 12.3. The highest BCUT2D eigenvalue weighted by Crippen LogP contribution is 2.31. The van der Waals surface area contributed by atoms with Gasteiger partial charge in [0.25, 0.3) is 5.91 Å². The Morgan fingerprint density at radius 2 is 1.60 bits per heavy atom. The highest BCUT2D eigenvalue weighted by Gasteiger charge is 2.32. The van der Waals surface area contributed by atoms with E-state index in [4.69, 9.17) is 4.42 Å². The van der Waals surface area contributed by atoms with Crippen LogP contribution >= 0.6 is 0 Å². The second-order valence-electron chi connectivity index (χ2n) is 8.73. The number of aromatic nitrogens is 2. The van der Waals surface area contributed by atoms with Crippen LogP contribution in [0.15, 0.2) is 57.8 Å². The largest absolute Gasteiger partial charge is 0.416 e. The van der Waals surface area contributed by atoms with Crippen LogP contribution in [0.5, 0.6) is 0 Å². The zero-order valence-corrected chi connectivity index (χ0v) is 19.7. The van der Waals surface area contributed by atoms with Gasteiger partial charge in [0.2, 0.25) is 15.9 Å². The SMILES string of the molecule is CC1CC(C)CN(S(=O)(=O)c2ccc(C(=O)Nc3nnc(-c4ccc(C(F)(F)F)cc4)o3)cc2)C1. The van der Waals surface area contributed by atoms with Crippen LogP contribution in [-0.4, -0.2) is 41.9 Å². The molecule has 1 fully saturated rings. The lowest BCUT2D eigenvalue weighted by Crippen LogP contribution is -2.42. The molecule has 2 unspecified atom stereocenters. The number of hydrogen-bond donors (Lipinski definition) is 1. The lowest BCUT2D eigenvalue weighted by Gasteiger charge is -2.34. The fourth-order valence-electron chi connectivity index (χ4n) is 4.09. The number of sulfonamides is 1. The predicted octanol–water partition coefficient (Wildman–Crippen LogP) is 4.67. The first-order chi connectivity index (χ1) is 16.4. The molecule has 0 saturated carbocycles. The van der Waals surface area contributed by atoms with Gasteiger partial charge >= 0.3 is 12.2 Å². The summed E-state index contributed by atoms with van der Waals surface area (Å²) in [5.74, 6) is -0.155. The van der Waals surface area contributed by atoms with Crippen LogP contribution in [0.4, 0.5) is 19.2 Å². The standard InChI is InChI=1S/C23H23F3N4O4S/c1-14-11-15(2)13-30(12-14)35(32,33)19-9-5-16(6-10-19)20(31)27-22-29-28-21(34-22)17-3-7-18(8-4-17)23(24,25)26/h3-10,14-15H,11-13H2,1-2H3,(H,27,29,31). The average Bonchev–Trinajstić information content (AvgIpc) is 3.26. The van der Waals surface area contributed by atoms with Crippen molar-refractivity contribution in [3.63, 3.8) is 0 Å². The van der Waals surface area contributed by atoms with Crippen molar-refractivity contribution >= 4 is 21.9 Å². The summed E-state index contributed by atoms with van der Waals surface area (Å²) in [5.41, 5.74) is -0.399. The molecule has 1 aliphatic rings. The summed E-state index contributed by atoms with van der Waals surface area (Å²) in [4.78, 5) is 12.6. The van der Waals surface area contributed by atoms with Gasteiger partial charge in [-0.2, -0.15) is 17.5 Å². The smallest absolute Gasteiger partial charge is 0.403 e. The van der Waals surface area contributed by atoms with Crippen molar-refractivity contribution < 1.29 is 30.8 Å². The second kappa shape index (κ2) is 9.42. The molecule has 0 spiro atoms. The van der Waals surface area contributed by atoms with E-state index in [1.807, 2.05) is 13.8 Å².